The van der Waals surface area contributed by atoms with Gasteiger partial charge < -0.3 is 56.3 Å². The average Bonchev–Trinajstić information content (AvgIpc) is 3.25. The second kappa shape index (κ2) is 15.0. The van der Waals surface area contributed by atoms with Gasteiger partial charge in [0, 0.05) is 13.1 Å². The normalized spacial score (nSPS) is 17.3. The molecule has 21 nitrogen and oxygen atoms in total. The summed E-state index contributed by atoms with van der Waals surface area (Å²) in [5.74, 6) is 0.305. The van der Waals surface area contributed by atoms with E-state index in [-0.39, 0.29) is 10.6 Å². The Bertz CT molecular complexity index is 1400. The number of nitrogens with two attached hydrogens (primary N) is 2. The fraction of sp³-hybridized carbons (Fsp3) is 0.625. The molecule has 0 amide bonds. The molecular formula is C16H31N8O13P3S. The number of aliphatic hydroxyl groups is 2. The number of unbranched alkanes of at least 4 members (excludes halogenated alkanes) is 1. The first kappa shape index (κ1) is 35.3. The summed E-state index contributed by atoms with van der Waals surface area (Å²) < 4.78 is 53.4. The van der Waals surface area contributed by atoms with Crippen LogP contribution in [-0.2, 0) is 31.6 Å². The number of imidazole rings is 1. The van der Waals surface area contributed by atoms with Gasteiger partial charge in [0.1, 0.15) is 29.6 Å². The highest BCUT2D eigenvalue weighted by atomic mass is 32.1. The van der Waals surface area contributed by atoms with Crippen molar-refractivity contribution in [3.8, 4) is 0 Å². The highest BCUT2D eigenvalue weighted by molar-refractivity contribution is 7.71. The molecule has 25 heteroatoms. The number of nitrogens with zero attached hydrogens (tertiary/aromatic N) is 4. The summed E-state index contributed by atoms with van der Waals surface area (Å²) in [5.41, 5.74) is 11.2. The number of H-pyrrole nitrogens is 1. The smallest absolute Gasteiger partial charge is 0.394 e. The van der Waals surface area contributed by atoms with Gasteiger partial charge in [0.2, 0.25) is 5.95 Å². The second-order valence-electron chi connectivity index (χ2n) is 8.09. The molecule has 0 saturated heterocycles. The summed E-state index contributed by atoms with van der Waals surface area (Å²) in [7, 11) is -16.9. The molecule has 0 aliphatic heterocycles. The van der Waals surface area contributed by atoms with Crippen LogP contribution in [-0.4, -0.2) is 93.8 Å². The number of ether oxygens (including phenoxy) is 1. The van der Waals surface area contributed by atoms with Crippen molar-refractivity contribution in [3.05, 3.63) is 11.0 Å². The Kier molecular flexibility index (Phi) is 13.0. The molecular weight excluding hydrogens is 637 g/mol. The maximum atomic E-state index is 12.1. The quantitative estimate of drug-likeness (QED) is 0.0316. The lowest BCUT2D eigenvalue weighted by atomic mass is 10.2. The average molecular weight is 668 g/mol. The molecule has 0 radical (unpaired) electrons. The zero-order valence-electron chi connectivity index (χ0n) is 21.3. The molecule has 2 aromatic heterocycles. The minimum Gasteiger partial charge on any atom is -0.394 e. The van der Waals surface area contributed by atoms with E-state index >= 15 is 0 Å². The number of hydrogen-bond donors (Lipinski definition) is 10. The first-order valence-corrected chi connectivity index (χ1v) is 16.3. The summed E-state index contributed by atoms with van der Waals surface area (Å²) in [4.78, 5) is 51.5. The van der Waals surface area contributed by atoms with E-state index in [0.717, 1.165) is 0 Å². The van der Waals surface area contributed by atoms with Gasteiger partial charge in [-0.3, -0.25) is 14.1 Å². The Balaban J connectivity index is 2.13. The first-order valence-electron chi connectivity index (χ1n) is 11.4. The van der Waals surface area contributed by atoms with Crippen LogP contribution in [0, 0.1) is 4.64 Å². The molecule has 5 atom stereocenters. The molecule has 0 saturated carbocycles. The molecule has 0 bridgehead atoms. The number of guanidine groups is 1. The highest BCUT2D eigenvalue weighted by Gasteiger charge is 2.41. The molecule has 0 aliphatic carbocycles. The SMILES string of the molecule is CC(O[C@H](COP(=O)(O)OP(=O)(O)OP(=O)(O)O)C(O)CO)n1cnc2c(=S)nc(NCCCCN=C(N)N)[nH]c21. The van der Waals surface area contributed by atoms with Crippen LogP contribution in [0.5, 0.6) is 0 Å². The summed E-state index contributed by atoms with van der Waals surface area (Å²) in [5, 5.41) is 22.6. The van der Waals surface area contributed by atoms with Crippen LogP contribution in [0.3, 0.4) is 0 Å². The first-order chi connectivity index (χ1) is 18.9. The minimum absolute atomic E-state index is 0.00142. The van der Waals surface area contributed by atoms with E-state index in [9.17, 15) is 33.7 Å². The molecule has 41 heavy (non-hydrogen) atoms. The molecule has 2 aromatic rings. The Labute approximate surface area is 237 Å². The van der Waals surface area contributed by atoms with Crippen molar-refractivity contribution in [2.45, 2.75) is 38.2 Å². The molecule has 12 N–H and O–H groups in total. The fourth-order valence-corrected chi connectivity index (χ4v) is 6.37. The molecule has 234 valence electrons. The third kappa shape index (κ3) is 12.1. The van der Waals surface area contributed by atoms with Crippen LogP contribution in [0.25, 0.3) is 11.2 Å². The largest absolute Gasteiger partial charge is 0.490 e. The lowest BCUT2D eigenvalue weighted by Gasteiger charge is -2.27. The lowest BCUT2D eigenvalue weighted by Crippen LogP contribution is -2.37. The maximum Gasteiger partial charge on any atom is 0.490 e. The van der Waals surface area contributed by atoms with E-state index in [4.69, 9.17) is 38.2 Å². The van der Waals surface area contributed by atoms with Crippen LogP contribution >= 0.6 is 35.7 Å². The van der Waals surface area contributed by atoms with Crippen molar-refractivity contribution in [2.24, 2.45) is 16.5 Å². The summed E-state index contributed by atoms with van der Waals surface area (Å²) in [6, 6.07) is 0. The van der Waals surface area contributed by atoms with Gasteiger partial charge in [-0.1, -0.05) is 12.2 Å². The number of aromatic nitrogens is 4. The maximum absolute atomic E-state index is 12.1. The third-order valence-corrected chi connectivity index (χ3v) is 8.90. The summed E-state index contributed by atoms with van der Waals surface area (Å²) in [6.45, 7) is 0.529. The lowest BCUT2D eigenvalue weighted by molar-refractivity contribution is -0.124. The van der Waals surface area contributed by atoms with Crippen molar-refractivity contribution in [3.63, 3.8) is 0 Å². The number of aromatic amines is 1. The van der Waals surface area contributed by atoms with Crippen LogP contribution in [0.15, 0.2) is 11.3 Å². The second-order valence-corrected chi connectivity index (χ2v) is 12.9. The number of anilines is 1. The van der Waals surface area contributed by atoms with E-state index < -0.39 is 55.1 Å². The zero-order valence-corrected chi connectivity index (χ0v) is 24.8. The number of aliphatic hydroxyl groups excluding tert-OH is 2. The van der Waals surface area contributed by atoms with Gasteiger partial charge in [-0.05, 0) is 19.8 Å². The van der Waals surface area contributed by atoms with E-state index in [1.165, 1.54) is 17.8 Å². The molecule has 0 aromatic carbocycles. The molecule has 4 unspecified atom stereocenters. The number of hydrogen-bond acceptors (Lipinski definition) is 14. The van der Waals surface area contributed by atoms with Crippen LogP contribution in [0.1, 0.15) is 26.0 Å². The Morgan fingerprint density at radius 2 is 1.88 bits per heavy atom. The van der Waals surface area contributed by atoms with Crippen molar-refractivity contribution in [1.29, 1.82) is 0 Å². The zero-order chi connectivity index (χ0) is 31.0. The number of aliphatic imine (C=N–C) groups is 1. The van der Waals surface area contributed by atoms with Crippen molar-refractivity contribution in [1.82, 2.24) is 19.5 Å². The monoisotopic (exact) mass is 668 g/mol. The molecule has 0 spiro atoms. The van der Waals surface area contributed by atoms with Gasteiger partial charge in [-0.2, -0.15) is 8.62 Å². The van der Waals surface area contributed by atoms with Crippen molar-refractivity contribution in [2.75, 3.05) is 31.6 Å². The fourth-order valence-electron chi connectivity index (χ4n) is 3.10. The highest BCUT2D eigenvalue weighted by Crippen LogP contribution is 2.66. The minimum atomic E-state index is -5.76. The van der Waals surface area contributed by atoms with E-state index in [1.54, 1.807) is 0 Å². The van der Waals surface area contributed by atoms with Gasteiger partial charge in [0.25, 0.3) is 0 Å². The van der Waals surface area contributed by atoms with Crippen LogP contribution < -0.4 is 16.8 Å². The predicted octanol–water partition coefficient (Wildman–Crippen LogP) is -0.445. The molecule has 0 fully saturated rings. The third-order valence-electron chi connectivity index (χ3n) is 4.82. The van der Waals surface area contributed by atoms with Crippen LogP contribution in [0.4, 0.5) is 5.95 Å². The summed E-state index contributed by atoms with van der Waals surface area (Å²) >= 11 is 5.30. The van der Waals surface area contributed by atoms with Gasteiger partial charge in [-0.25, -0.2) is 23.7 Å². The number of nitrogens with one attached hydrogen (secondary N) is 2. The van der Waals surface area contributed by atoms with Crippen LogP contribution in [0.2, 0.25) is 0 Å². The van der Waals surface area contributed by atoms with Crippen molar-refractivity contribution < 1.29 is 61.4 Å². The van der Waals surface area contributed by atoms with Gasteiger partial charge in [0.05, 0.1) is 19.5 Å². The molecule has 2 heterocycles. The standard InChI is InChI=1S/C16H31N8O13P3S/c1-9(35-11(10(26)6-25)7-34-39(30,31)37-40(32,33)36-38(27,28)29)24-8-21-12-13(24)22-16(23-14(12)41)20-5-3-2-4-19-15(17)18/h8-11,25-26H,2-7H2,1H3,(H,30,31)(H,32,33)(H4,17,18,19)(H2,27,28,29)(H2,20,22,23,41)/t9?,10?,11-/m1/s1. The van der Waals surface area contributed by atoms with E-state index in [0.29, 0.717) is 43.0 Å². The predicted molar refractivity (Wildman–Crippen MR) is 144 cm³/mol. The molecule has 2 rings (SSSR count). The van der Waals surface area contributed by atoms with E-state index in [2.05, 4.69) is 38.4 Å². The molecule has 0 aliphatic rings. The Morgan fingerprint density at radius 1 is 1.20 bits per heavy atom. The van der Waals surface area contributed by atoms with Gasteiger partial charge >= 0.3 is 23.5 Å². The topological polar surface area (TPSA) is 332 Å². The Morgan fingerprint density at radius 3 is 2.49 bits per heavy atom. The number of fused-ring (bicyclic) bond motifs is 1. The van der Waals surface area contributed by atoms with Crippen molar-refractivity contribution >= 4 is 58.8 Å². The number of rotatable bonds is 18. The van der Waals surface area contributed by atoms with Gasteiger partial charge in [0.15, 0.2) is 10.6 Å². The summed E-state index contributed by atoms with van der Waals surface area (Å²) in [6.07, 6.45) is -1.53. The van der Waals surface area contributed by atoms with Gasteiger partial charge in [-0.15, -0.1) is 0 Å². The number of phosphoric ester groups is 1. The van der Waals surface area contributed by atoms with E-state index in [1.807, 2.05) is 0 Å². The number of phosphoric acid groups is 3. The Hall–Kier alpha value is -1.87.